The molecule has 1 aromatic carbocycles. The zero-order chi connectivity index (χ0) is 14.9. The number of rotatable bonds is 4. The first-order valence-electron chi connectivity index (χ1n) is 5.86. The topological polar surface area (TPSA) is 64.4 Å². The second-order valence-electron chi connectivity index (χ2n) is 4.09. The number of aromatic carboxylic acids is 1. The summed E-state index contributed by atoms with van der Waals surface area (Å²) in [5.74, 6) is -0.523. The molecule has 1 heterocycles. The molecule has 0 saturated heterocycles. The molecule has 0 bridgehead atoms. The van der Waals surface area contributed by atoms with Crippen LogP contribution in [0, 0.1) is 0 Å². The van der Waals surface area contributed by atoms with Crippen molar-refractivity contribution in [3.63, 3.8) is 0 Å². The molecule has 0 amide bonds. The van der Waals surface area contributed by atoms with Gasteiger partial charge in [0.1, 0.15) is 11.3 Å². The molecule has 0 fully saturated rings. The van der Waals surface area contributed by atoms with Crippen molar-refractivity contribution in [3.8, 4) is 11.6 Å². The van der Waals surface area contributed by atoms with Crippen molar-refractivity contribution >= 4 is 29.2 Å². The van der Waals surface area contributed by atoms with Crippen molar-refractivity contribution in [2.75, 3.05) is 0 Å². The van der Waals surface area contributed by atoms with E-state index in [0.717, 1.165) is 0 Å². The Balaban J connectivity index is 2.45. The molecule has 0 aliphatic rings. The van der Waals surface area contributed by atoms with Gasteiger partial charge in [-0.2, -0.15) is 5.10 Å². The van der Waals surface area contributed by atoms with Crippen LogP contribution >= 0.6 is 23.2 Å². The highest BCUT2D eigenvalue weighted by Gasteiger charge is 2.23. The first-order chi connectivity index (χ1) is 9.43. The fourth-order valence-electron chi connectivity index (χ4n) is 1.79. The minimum absolute atomic E-state index is 0.0565. The molecule has 0 aliphatic heterocycles. The maximum Gasteiger partial charge on any atom is 0.343 e. The lowest BCUT2D eigenvalue weighted by molar-refractivity contribution is 0.0692. The molecule has 0 radical (unpaired) electrons. The molecule has 0 unspecified atom stereocenters. The number of halogens is 2. The Morgan fingerprint density at radius 3 is 2.65 bits per heavy atom. The van der Waals surface area contributed by atoms with Crippen LogP contribution in [0.15, 0.2) is 18.2 Å². The highest BCUT2D eigenvalue weighted by molar-refractivity contribution is 6.42. The quantitative estimate of drug-likeness (QED) is 0.932. The van der Waals surface area contributed by atoms with Crippen LogP contribution in [0.5, 0.6) is 11.6 Å². The highest BCUT2D eigenvalue weighted by atomic mass is 35.5. The number of carbonyl (C=O) groups is 1. The smallest absolute Gasteiger partial charge is 0.343 e. The van der Waals surface area contributed by atoms with Crippen molar-refractivity contribution in [1.82, 2.24) is 9.78 Å². The second-order valence-corrected chi connectivity index (χ2v) is 4.90. The summed E-state index contributed by atoms with van der Waals surface area (Å²) in [6, 6.07) is 4.71. The van der Waals surface area contributed by atoms with Crippen LogP contribution in [0.3, 0.4) is 0 Å². The maximum absolute atomic E-state index is 11.3. The van der Waals surface area contributed by atoms with Crippen molar-refractivity contribution in [1.29, 1.82) is 0 Å². The SMILES string of the molecule is CCc1nn(C)c(Oc2ccc(Cl)c(Cl)c2)c1C(=O)O. The van der Waals surface area contributed by atoms with E-state index in [1.165, 1.54) is 10.7 Å². The number of nitrogens with zero attached hydrogens (tertiary/aromatic N) is 2. The van der Waals surface area contributed by atoms with Gasteiger partial charge in [-0.25, -0.2) is 9.48 Å². The Morgan fingerprint density at radius 2 is 2.10 bits per heavy atom. The highest BCUT2D eigenvalue weighted by Crippen LogP contribution is 2.32. The number of hydrogen-bond acceptors (Lipinski definition) is 3. The van der Waals surface area contributed by atoms with Crippen LogP contribution in [0.4, 0.5) is 0 Å². The number of aromatic nitrogens is 2. The summed E-state index contributed by atoms with van der Waals surface area (Å²) in [5.41, 5.74) is 0.524. The largest absolute Gasteiger partial charge is 0.477 e. The Hall–Kier alpha value is -1.72. The third-order valence-electron chi connectivity index (χ3n) is 2.72. The van der Waals surface area contributed by atoms with E-state index in [-0.39, 0.29) is 11.4 Å². The predicted molar refractivity (Wildman–Crippen MR) is 76.1 cm³/mol. The average molecular weight is 315 g/mol. The van der Waals surface area contributed by atoms with Gasteiger partial charge in [0.05, 0.1) is 15.7 Å². The van der Waals surface area contributed by atoms with Gasteiger partial charge in [0.25, 0.3) is 0 Å². The Bertz CT molecular complexity index is 668. The summed E-state index contributed by atoms with van der Waals surface area (Å²) >= 11 is 11.7. The molecule has 5 nitrogen and oxygen atoms in total. The van der Waals surface area contributed by atoms with Crippen LogP contribution < -0.4 is 4.74 Å². The van der Waals surface area contributed by atoms with Crippen LogP contribution in [0.1, 0.15) is 23.0 Å². The fraction of sp³-hybridized carbons (Fsp3) is 0.231. The molecular formula is C13H12Cl2N2O3. The molecule has 2 aromatic rings. The van der Waals surface area contributed by atoms with Gasteiger partial charge in [0, 0.05) is 13.1 Å². The number of carboxylic acid groups (broad SMARTS) is 1. The molecule has 0 aliphatic carbocycles. The summed E-state index contributed by atoms with van der Waals surface area (Å²) < 4.78 is 6.99. The molecule has 0 spiro atoms. The number of hydrogen-bond donors (Lipinski definition) is 1. The Labute approximate surface area is 125 Å². The van der Waals surface area contributed by atoms with E-state index in [1.54, 1.807) is 19.2 Å². The normalized spacial score (nSPS) is 10.6. The zero-order valence-corrected chi connectivity index (χ0v) is 12.4. The summed E-state index contributed by atoms with van der Waals surface area (Å²) in [6.45, 7) is 1.83. The molecule has 7 heteroatoms. The third-order valence-corrected chi connectivity index (χ3v) is 3.46. The fourth-order valence-corrected chi connectivity index (χ4v) is 2.08. The summed E-state index contributed by atoms with van der Waals surface area (Å²) in [4.78, 5) is 11.3. The molecule has 106 valence electrons. The second kappa shape index (κ2) is 5.73. The predicted octanol–water partition coefficient (Wildman–Crippen LogP) is 3.78. The van der Waals surface area contributed by atoms with Crippen molar-refractivity contribution in [2.24, 2.45) is 7.05 Å². The van der Waals surface area contributed by atoms with E-state index in [1.807, 2.05) is 6.92 Å². The van der Waals surface area contributed by atoms with Crippen molar-refractivity contribution in [2.45, 2.75) is 13.3 Å². The number of benzene rings is 1. The summed E-state index contributed by atoms with van der Waals surface area (Å²) in [5, 5.41) is 14.2. The number of ether oxygens (including phenoxy) is 1. The van der Waals surface area contributed by atoms with Crippen LogP contribution in [-0.4, -0.2) is 20.9 Å². The van der Waals surface area contributed by atoms with Gasteiger partial charge >= 0.3 is 5.97 Å². The Kier molecular flexibility index (Phi) is 4.20. The summed E-state index contributed by atoms with van der Waals surface area (Å²) in [7, 11) is 1.62. The van der Waals surface area contributed by atoms with Gasteiger partial charge in [-0.3, -0.25) is 0 Å². The number of aryl methyl sites for hydroxylation is 2. The van der Waals surface area contributed by atoms with Gasteiger partial charge in [-0.05, 0) is 18.6 Å². The van der Waals surface area contributed by atoms with Gasteiger partial charge < -0.3 is 9.84 Å². The van der Waals surface area contributed by atoms with Gasteiger partial charge in [0.15, 0.2) is 0 Å². The van der Waals surface area contributed by atoms with E-state index >= 15 is 0 Å². The van der Waals surface area contributed by atoms with Crippen LogP contribution in [0.2, 0.25) is 10.0 Å². The van der Waals surface area contributed by atoms with Crippen LogP contribution in [-0.2, 0) is 13.5 Å². The molecule has 0 saturated carbocycles. The molecule has 1 aromatic heterocycles. The van der Waals surface area contributed by atoms with Crippen molar-refractivity contribution < 1.29 is 14.6 Å². The minimum atomic E-state index is -1.08. The molecule has 20 heavy (non-hydrogen) atoms. The van der Waals surface area contributed by atoms with E-state index < -0.39 is 5.97 Å². The molecule has 0 atom stereocenters. The monoisotopic (exact) mass is 314 g/mol. The van der Waals surface area contributed by atoms with E-state index in [2.05, 4.69) is 5.10 Å². The molecule has 2 rings (SSSR count). The molecular weight excluding hydrogens is 303 g/mol. The van der Waals surface area contributed by atoms with E-state index in [4.69, 9.17) is 27.9 Å². The zero-order valence-electron chi connectivity index (χ0n) is 10.9. The number of carboxylic acids is 1. The third kappa shape index (κ3) is 2.73. The minimum Gasteiger partial charge on any atom is -0.477 e. The molecule has 1 N–H and O–H groups in total. The van der Waals surface area contributed by atoms with Gasteiger partial charge in [-0.15, -0.1) is 0 Å². The van der Waals surface area contributed by atoms with E-state index in [0.29, 0.717) is 27.9 Å². The average Bonchev–Trinajstić information content (AvgIpc) is 2.71. The lowest BCUT2D eigenvalue weighted by Gasteiger charge is -2.07. The lowest BCUT2D eigenvalue weighted by atomic mass is 10.2. The van der Waals surface area contributed by atoms with Gasteiger partial charge in [-0.1, -0.05) is 30.1 Å². The Morgan fingerprint density at radius 1 is 1.40 bits per heavy atom. The standard InChI is InChI=1S/C13H12Cl2N2O3/c1-3-10-11(13(18)19)12(17(2)16-10)20-7-4-5-8(14)9(15)6-7/h4-6H,3H2,1-2H3,(H,18,19). The first-order valence-corrected chi connectivity index (χ1v) is 6.61. The van der Waals surface area contributed by atoms with Crippen molar-refractivity contribution in [3.05, 3.63) is 39.5 Å². The van der Waals surface area contributed by atoms with E-state index in [9.17, 15) is 9.90 Å². The summed E-state index contributed by atoms with van der Waals surface area (Å²) in [6.07, 6.45) is 0.500. The first kappa shape index (κ1) is 14.7. The van der Waals surface area contributed by atoms with Gasteiger partial charge in [0.2, 0.25) is 5.88 Å². The lowest BCUT2D eigenvalue weighted by Crippen LogP contribution is -2.02. The van der Waals surface area contributed by atoms with Crippen LogP contribution in [0.25, 0.3) is 0 Å². The maximum atomic E-state index is 11.3.